The minimum Gasteiger partial charge on any atom is -0.493 e. The summed E-state index contributed by atoms with van der Waals surface area (Å²) in [6, 6.07) is 15.6. The first-order chi connectivity index (χ1) is 14.5. The Bertz CT molecular complexity index is 962. The minimum atomic E-state index is -2.94. The summed E-state index contributed by atoms with van der Waals surface area (Å²) in [5, 5.41) is 6.40. The number of ether oxygens (including phenoxy) is 2. The SMILES string of the molecule is CCNC(=NCc1ccc(OCc2ccccc2)c(OC)c1)NC1CCS(=O)(=O)C1. The van der Waals surface area contributed by atoms with Gasteiger partial charge in [-0.15, -0.1) is 0 Å². The third-order valence-electron chi connectivity index (χ3n) is 4.80. The molecule has 0 spiro atoms. The van der Waals surface area contributed by atoms with E-state index in [4.69, 9.17) is 9.47 Å². The summed E-state index contributed by atoms with van der Waals surface area (Å²) in [7, 11) is -1.32. The fourth-order valence-electron chi connectivity index (χ4n) is 3.26. The van der Waals surface area contributed by atoms with Crippen molar-refractivity contribution < 1.29 is 17.9 Å². The average Bonchev–Trinajstić information content (AvgIpc) is 3.09. The standard InChI is InChI=1S/C22H29N3O4S/c1-3-23-22(25-19-11-12-30(26,27)16-19)24-14-18-9-10-20(21(13-18)28-2)29-15-17-7-5-4-6-8-17/h4-10,13,19H,3,11-12,14-16H2,1-2H3,(H2,23,24,25). The van der Waals surface area contributed by atoms with Gasteiger partial charge in [-0.05, 0) is 36.6 Å². The Balaban J connectivity index is 1.64. The lowest BCUT2D eigenvalue weighted by molar-refractivity contribution is 0.284. The highest BCUT2D eigenvalue weighted by Crippen LogP contribution is 2.29. The van der Waals surface area contributed by atoms with Crippen LogP contribution in [0.5, 0.6) is 11.5 Å². The van der Waals surface area contributed by atoms with Gasteiger partial charge in [-0.25, -0.2) is 13.4 Å². The van der Waals surface area contributed by atoms with Crippen LogP contribution in [0, 0.1) is 0 Å². The van der Waals surface area contributed by atoms with Crippen LogP contribution in [0.2, 0.25) is 0 Å². The molecule has 0 radical (unpaired) electrons. The third kappa shape index (κ3) is 6.38. The lowest BCUT2D eigenvalue weighted by atomic mass is 10.2. The maximum atomic E-state index is 11.7. The van der Waals surface area contributed by atoms with Gasteiger partial charge in [0.1, 0.15) is 6.61 Å². The number of sulfone groups is 1. The number of hydrogen-bond acceptors (Lipinski definition) is 5. The van der Waals surface area contributed by atoms with E-state index >= 15 is 0 Å². The zero-order chi connectivity index (χ0) is 21.4. The lowest BCUT2D eigenvalue weighted by Crippen LogP contribution is -2.44. The van der Waals surface area contributed by atoms with Gasteiger partial charge >= 0.3 is 0 Å². The molecule has 1 fully saturated rings. The second-order valence-corrected chi connectivity index (χ2v) is 9.43. The molecular formula is C22H29N3O4S. The molecule has 0 aliphatic carbocycles. The highest BCUT2D eigenvalue weighted by Gasteiger charge is 2.28. The monoisotopic (exact) mass is 431 g/mol. The number of rotatable bonds is 8. The first-order valence-electron chi connectivity index (χ1n) is 10.1. The van der Waals surface area contributed by atoms with Crippen molar-refractivity contribution in [1.29, 1.82) is 0 Å². The first kappa shape index (κ1) is 22.0. The number of hydrogen-bond donors (Lipinski definition) is 2. The van der Waals surface area contributed by atoms with Gasteiger partial charge in [0.25, 0.3) is 0 Å². The van der Waals surface area contributed by atoms with Crippen LogP contribution in [0.1, 0.15) is 24.5 Å². The summed E-state index contributed by atoms with van der Waals surface area (Å²) in [5.74, 6) is 2.32. The van der Waals surface area contributed by atoms with Crippen molar-refractivity contribution >= 4 is 15.8 Å². The predicted molar refractivity (Wildman–Crippen MR) is 119 cm³/mol. The summed E-state index contributed by atoms with van der Waals surface area (Å²) in [6.45, 7) is 3.57. The largest absolute Gasteiger partial charge is 0.493 e. The van der Waals surface area contributed by atoms with E-state index < -0.39 is 9.84 Å². The van der Waals surface area contributed by atoms with Crippen LogP contribution < -0.4 is 20.1 Å². The Morgan fingerprint density at radius 3 is 2.60 bits per heavy atom. The maximum absolute atomic E-state index is 11.7. The number of guanidine groups is 1. The van der Waals surface area contributed by atoms with Gasteiger partial charge in [-0.2, -0.15) is 0 Å². The molecule has 8 heteroatoms. The summed E-state index contributed by atoms with van der Waals surface area (Å²) in [4.78, 5) is 4.60. The van der Waals surface area contributed by atoms with Gasteiger partial charge in [-0.1, -0.05) is 36.4 Å². The van der Waals surface area contributed by atoms with Crippen molar-refractivity contribution in [3.05, 3.63) is 59.7 Å². The van der Waals surface area contributed by atoms with Gasteiger partial charge < -0.3 is 20.1 Å². The normalized spacial score (nSPS) is 18.1. The zero-order valence-electron chi connectivity index (χ0n) is 17.4. The van der Waals surface area contributed by atoms with Crippen LogP contribution in [0.25, 0.3) is 0 Å². The minimum absolute atomic E-state index is 0.101. The molecule has 2 N–H and O–H groups in total. The number of nitrogens with one attached hydrogen (secondary N) is 2. The van der Waals surface area contributed by atoms with E-state index in [-0.39, 0.29) is 17.5 Å². The molecule has 2 aromatic rings. The molecule has 1 unspecified atom stereocenters. The Kier molecular flexibility index (Phi) is 7.57. The molecule has 30 heavy (non-hydrogen) atoms. The summed E-state index contributed by atoms with van der Waals surface area (Å²) in [6.07, 6.45) is 0.605. The predicted octanol–water partition coefficient (Wildman–Crippen LogP) is 2.52. The quantitative estimate of drug-likeness (QED) is 0.493. The van der Waals surface area contributed by atoms with Crippen LogP contribution in [0.15, 0.2) is 53.5 Å². The van der Waals surface area contributed by atoms with Crippen molar-refractivity contribution in [1.82, 2.24) is 10.6 Å². The number of nitrogens with zero attached hydrogens (tertiary/aromatic N) is 1. The number of aliphatic imine (C=N–C) groups is 1. The first-order valence-corrected chi connectivity index (χ1v) is 11.9. The molecule has 7 nitrogen and oxygen atoms in total. The van der Waals surface area contributed by atoms with Crippen molar-refractivity contribution in [2.24, 2.45) is 4.99 Å². The van der Waals surface area contributed by atoms with Gasteiger partial charge in [0.05, 0.1) is 25.2 Å². The Hall–Kier alpha value is -2.74. The van der Waals surface area contributed by atoms with Crippen molar-refractivity contribution in [2.75, 3.05) is 25.2 Å². The van der Waals surface area contributed by atoms with Crippen LogP contribution in [-0.4, -0.2) is 45.6 Å². The molecule has 2 aromatic carbocycles. The van der Waals surface area contributed by atoms with E-state index in [2.05, 4.69) is 15.6 Å². The second-order valence-electron chi connectivity index (χ2n) is 7.20. The molecule has 0 bridgehead atoms. The topological polar surface area (TPSA) is 89.0 Å². The number of methoxy groups -OCH3 is 1. The molecule has 1 aliphatic rings. The molecule has 162 valence electrons. The maximum Gasteiger partial charge on any atom is 0.191 e. The molecule has 0 saturated carbocycles. The van der Waals surface area contributed by atoms with Crippen molar-refractivity contribution in [3.63, 3.8) is 0 Å². The zero-order valence-corrected chi connectivity index (χ0v) is 18.2. The Morgan fingerprint density at radius 2 is 1.93 bits per heavy atom. The van der Waals surface area contributed by atoms with Gasteiger partial charge in [0.2, 0.25) is 0 Å². The van der Waals surface area contributed by atoms with Crippen molar-refractivity contribution in [3.8, 4) is 11.5 Å². The summed E-state index contributed by atoms with van der Waals surface area (Å²) < 4.78 is 34.7. The fourth-order valence-corrected chi connectivity index (χ4v) is 4.93. The van der Waals surface area contributed by atoms with E-state index in [1.807, 2.05) is 55.5 Å². The highest BCUT2D eigenvalue weighted by molar-refractivity contribution is 7.91. The van der Waals surface area contributed by atoms with E-state index in [1.165, 1.54) is 0 Å². The van der Waals surface area contributed by atoms with Crippen LogP contribution in [0.4, 0.5) is 0 Å². The molecular weight excluding hydrogens is 402 g/mol. The van der Waals surface area contributed by atoms with Gasteiger partial charge in [0.15, 0.2) is 27.3 Å². The molecule has 1 aliphatic heterocycles. The van der Waals surface area contributed by atoms with E-state index in [9.17, 15) is 8.42 Å². The molecule has 0 amide bonds. The summed E-state index contributed by atoms with van der Waals surface area (Å²) >= 11 is 0. The van der Waals surface area contributed by atoms with E-state index in [0.29, 0.717) is 43.6 Å². The fraction of sp³-hybridized carbons (Fsp3) is 0.409. The lowest BCUT2D eigenvalue weighted by Gasteiger charge is -2.16. The molecule has 3 rings (SSSR count). The third-order valence-corrected chi connectivity index (χ3v) is 6.57. The van der Waals surface area contributed by atoms with Crippen molar-refractivity contribution in [2.45, 2.75) is 32.5 Å². The molecule has 0 aromatic heterocycles. The van der Waals surface area contributed by atoms with Crippen LogP contribution in [0.3, 0.4) is 0 Å². The van der Waals surface area contributed by atoms with Crippen LogP contribution >= 0.6 is 0 Å². The van der Waals surface area contributed by atoms with Gasteiger partial charge in [-0.3, -0.25) is 0 Å². The Morgan fingerprint density at radius 1 is 1.13 bits per heavy atom. The molecule has 1 atom stereocenters. The Labute approximate surface area is 178 Å². The molecule has 1 saturated heterocycles. The average molecular weight is 432 g/mol. The molecule has 1 heterocycles. The van der Waals surface area contributed by atoms with E-state index in [0.717, 1.165) is 11.1 Å². The van der Waals surface area contributed by atoms with Crippen LogP contribution in [-0.2, 0) is 23.0 Å². The smallest absolute Gasteiger partial charge is 0.191 e. The number of benzene rings is 2. The highest BCUT2D eigenvalue weighted by atomic mass is 32.2. The summed E-state index contributed by atoms with van der Waals surface area (Å²) in [5.41, 5.74) is 2.05. The second kappa shape index (κ2) is 10.3. The van der Waals surface area contributed by atoms with Gasteiger partial charge in [0, 0.05) is 12.6 Å². The van der Waals surface area contributed by atoms with E-state index in [1.54, 1.807) is 7.11 Å².